The van der Waals surface area contributed by atoms with Gasteiger partial charge in [-0.25, -0.2) is 4.79 Å². The van der Waals surface area contributed by atoms with Crippen molar-refractivity contribution < 1.29 is 28.5 Å². The molecule has 0 aliphatic heterocycles. The quantitative estimate of drug-likeness (QED) is 0.156. The van der Waals surface area contributed by atoms with Crippen molar-refractivity contribution in [3.8, 4) is 0 Å². The van der Waals surface area contributed by atoms with Gasteiger partial charge in [-0.2, -0.15) is 0 Å². The highest BCUT2D eigenvalue weighted by molar-refractivity contribution is 5.86. The Labute approximate surface area is 185 Å². The van der Waals surface area contributed by atoms with E-state index in [1.165, 1.54) is 51.4 Å². The lowest BCUT2D eigenvalue weighted by Gasteiger charge is -2.13. The summed E-state index contributed by atoms with van der Waals surface area (Å²) in [4.78, 5) is 11.0. The van der Waals surface area contributed by atoms with Crippen molar-refractivity contribution in [1.82, 2.24) is 0 Å². The monoisotopic (exact) mass is 432 g/mol. The third-order valence-corrected chi connectivity index (χ3v) is 4.77. The number of carbonyl (C=O) groups excluding carboxylic acids is 1. The first-order valence-electron chi connectivity index (χ1n) is 11.3. The number of methoxy groups -OCH3 is 4. The molecule has 0 spiro atoms. The van der Waals surface area contributed by atoms with E-state index in [9.17, 15) is 4.79 Å². The van der Waals surface area contributed by atoms with E-state index < -0.39 is 0 Å². The van der Waals surface area contributed by atoms with Gasteiger partial charge < -0.3 is 23.7 Å². The molecule has 6 heteroatoms. The van der Waals surface area contributed by atoms with E-state index in [0.29, 0.717) is 31.3 Å². The standard InChI is InChI=1S/C14H30O2.C10H18O4/c1-4-5-6-7-8-9-10-11-12-14(16-3)13-15-2;1-8(2)10(11)14-6-5-9(13-4)7-12-3/h14H,4-13H2,1-3H3;9H,1,5-7H2,2-4H3. The molecular formula is C24H48O6. The molecule has 0 saturated carbocycles. The van der Waals surface area contributed by atoms with Gasteiger partial charge in [-0.1, -0.05) is 64.9 Å². The summed E-state index contributed by atoms with van der Waals surface area (Å²) in [5.41, 5.74) is 0.408. The van der Waals surface area contributed by atoms with Crippen molar-refractivity contribution in [2.24, 2.45) is 0 Å². The van der Waals surface area contributed by atoms with Gasteiger partial charge in [-0.15, -0.1) is 0 Å². The summed E-state index contributed by atoms with van der Waals surface area (Å²) >= 11 is 0. The van der Waals surface area contributed by atoms with E-state index in [1.807, 2.05) is 0 Å². The van der Waals surface area contributed by atoms with E-state index in [-0.39, 0.29) is 12.1 Å². The van der Waals surface area contributed by atoms with Gasteiger partial charge in [0, 0.05) is 40.4 Å². The number of hydrogen-bond donors (Lipinski definition) is 0. The Bertz CT molecular complexity index is 386. The number of unbranched alkanes of at least 4 members (excludes halogenated alkanes) is 7. The van der Waals surface area contributed by atoms with Gasteiger partial charge in [0.1, 0.15) is 0 Å². The summed E-state index contributed by atoms with van der Waals surface area (Å²) in [5, 5.41) is 0. The lowest BCUT2D eigenvalue weighted by Crippen LogP contribution is -2.20. The van der Waals surface area contributed by atoms with Gasteiger partial charge in [0.15, 0.2) is 0 Å². The molecule has 0 fully saturated rings. The second-order valence-electron chi connectivity index (χ2n) is 7.59. The van der Waals surface area contributed by atoms with Crippen LogP contribution in [0.25, 0.3) is 0 Å². The first kappa shape index (κ1) is 31.2. The van der Waals surface area contributed by atoms with Crippen LogP contribution in [-0.2, 0) is 28.5 Å². The van der Waals surface area contributed by atoms with Gasteiger partial charge in [0.2, 0.25) is 0 Å². The van der Waals surface area contributed by atoms with Crippen molar-refractivity contribution in [2.75, 3.05) is 48.3 Å². The highest BCUT2D eigenvalue weighted by Gasteiger charge is 2.09. The van der Waals surface area contributed by atoms with Crippen LogP contribution in [0.5, 0.6) is 0 Å². The molecule has 0 aromatic rings. The van der Waals surface area contributed by atoms with Crippen LogP contribution >= 0.6 is 0 Å². The highest BCUT2D eigenvalue weighted by atomic mass is 16.5. The summed E-state index contributed by atoms with van der Waals surface area (Å²) in [6, 6.07) is 0. The topological polar surface area (TPSA) is 63.2 Å². The normalized spacial score (nSPS) is 12.6. The molecule has 0 heterocycles. The Balaban J connectivity index is 0. The minimum absolute atomic E-state index is 0.0297. The van der Waals surface area contributed by atoms with Crippen molar-refractivity contribution in [2.45, 2.75) is 90.3 Å². The van der Waals surface area contributed by atoms with Gasteiger partial charge in [0.05, 0.1) is 32.0 Å². The Kier molecular flexibility index (Phi) is 25.3. The van der Waals surface area contributed by atoms with Gasteiger partial charge in [0.25, 0.3) is 0 Å². The predicted molar refractivity (Wildman–Crippen MR) is 123 cm³/mol. The van der Waals surface area contributed by atoms with Crippen LogP contribution in [0.15, 0.2) is 12.2 Å². The molecule has 0 amide bonds. The number of carbonyl (C=O) groups is 1. The first-order chi connectivity index (χ1) is 14.5. The largest absolute Gasteiger partial charge is 0.462 e. The molecule has 6 nitrogen and oxygen atoms in total. The average Bonchev–Trinajstić information content (AvgIpc) is 2.74. The van der Waals surface area contributed by atoms with Crippen LogP contribution in [0.1, 0.15) is 78.1 Å². The minimum atomic E-state index is -0.364. The third kappa shape index (κ3) is 21.8. The molecule has 0 bridgehead atoms. The van der Waals surface area contributed by atoms with Crippen molar-refractivity contribution >= 4 is 5.97 Å². The summed E-state index contributed by atoms with van der Waals surface area (Å²) in [7, 11) is 6.71. The summed E-state index contributed by atoms with van der Waals surface area (Å²) in [5.74, 6) is -0.364. The van der Waals surface area contributed by atoms with E-state index >= 15 is 0 Å². The lowest BCUT2D eigenvalue weighted by atomic mass is 10.1. The number of hydrogen-bond acceptors (Lipinski definition) is 6. The molecule has 180 valence electrons. The van der Waals surface area contributed by atoms with Crippen LogP contribution in [0, 0.1) is 0 Å². The molecule has 30 heavy (non-hydrogen) atoms. The SMILES string of the molecule is C=C(C)C(=O)OCCC(COC)OC.CCCCCCCCCCC(COC)OC. The molecular weight excluding hydrogens is 384 g/mol. The van der Waals surface area contributed by atoms with Crippen molar-refractivity contribution in [3.63, 3.8) is 0 Å². The van der Waals surface area contributed by atoms with E-state index in [4.69, 9.17) is 23.7 Å². The Morgan fingerprint density at radius 3 is 1.67 bits per heavy atom. The van der Waals surface area contributed by atoms with Crippen LogP contribution in [0.4, 0.5) is 0 Å². The Hall–Kier alpha value is -0.950. The molecule has 2 unspecified atom stereocenters. The second kappa shape index (κ2) is 24.3. The fraction of sp³-hybridized carbons (Fsp3) is 0.875. The zero-order valence-corrected chi connectivity index (χ0v) is 20.5. The molecule has 0 aliphatic carbocycles. The number of esters is 1. The molecule has 0 rings (SSSR count). The van der Waals surface area contributed by atoms with Crippen molar-refractivity contribution in [1.29, 1.82) is 0 Å². The maximum absolute atomic E-state index is 11.0. The molecule has 0 aliphatic rings. The van der Waals surface area contributed by atoms with Crippen LogP contribution in [-0.4, -0.2) is 66.4 Å². The third-order valence-electron chi connectivity index (χ3n) is 4.77. The Morgan fingerprint density at radius 1 is 0.767 bits per heavy atom. The molecule has 2 atom stereocenters. The zero-order valence-electron chi connectivity index (χ0n) is 20.5. The smallest absolute Gasteiger partial charge is 0.333 e. The highest BCUT2D eigenvalue weighted by Crippen LogP contribution is 2.11. The second-order valence-corrected chi connectivity index (χ2v) is 7.59. The van der Waals surface area contributed by atoms with Crippen molar-refractivity contribution in [3.05, 3.63) is 12.2 Å². The maximum atomic E-state index is 11.0. The first-order valence-corrected chi connectivity index (χ1v) is 11.3. The predicted octanol–water partition coefficient (Wildman–Crippen LogP) is 5.34. The molecule has 0 saturated heterocycles. The maximum Gasteiger partial charge on any atom is 0.333 e. The summed E-state index contributed by atoms with van der Waals surface area (Å²) in [6.07, 6.45) is 13.0. The number of rotatable bonds is 19. The van der Waals surface area contributed by atoms with Crippen LogP contribution < -0.4 is 0 Å². The minimum Gasteiger partial charge on any atom is -0.462 e. The van der Waals surface area contributed by atoms with E-state index in [0.717, 1.165) is 13.0 Å². The zero-order chi connectivity index (χ0) is 23.0. The molecule has 0 aromatic carbocycles. The van der Waals surface area contributed by atoms with Gasteiger partial charge in [-0.05, 0) is 13.3 Å². The molecule has 0 N–H and O–H groups in total. The van der Waals surface area contributed by atoms with E-state index in [2.05, 4.69) is 13.5 Å². The average molecular weight is 433 g/mol. The molecule has 0 aromatic heterocycles. The van der Waals surface area contributed by atoms with Gasteiger partial charge in [-0.3, -0.25) is 0 Å². The molecule has 0 radical (unpaired) electrons. The van der Waals surface area contributed by atoms with Crippen LogP contribution in [0.2, 0.25) is 0 Å². The summed E-state index contributed by atoms with van der Waals surface area (Å²) < 4.78 is 25.3. The Morgan fingerprint density at radius 2 is 1.23 bits per heavy atom. The summed E-state index contributed by atoms with van der Waals surface area (Å²) in [6.45, 7) is 8.92. The van der Waals surface area contributed by atoms with Crippen LogP contribution in [0.3, 0.4) is 0 Å². The van der Waals surface area contributed by atoms with Gasteiger partial charge >= 0.3 is 5.97 Å². The fourth-order valence-corrected chi connectivity index (χ4v) is 2.82. The number of ether oxygens (including phenoxy) is 5. The fourth-order valence-electron chi connectivity index (χ4n) is 2.82. The van der Waals surface area contributed by atoms with E-state index in [1.54, 1.807) is 35.4 Å². The lowest BCUT2D eigenvalue weighted by molar-refractivity contribution is -0.140.